The molecule has 130 valence electrons. The molecule has 0 unspecified atom stereocenters. The number of anilines is 1. The molecule has 5 nitrogen and oxygen atoms in total. The van der Waals surface area contributed by atoms with Gasteiger partial charge in [-0.05, 0) is 38.8 Å². The normalized spacial score (nSPS) is 14.1. The van der Waals surface area contributed by atoms with E-state index < -0.39 is 0 Å². The molecule has 0 atom stereocenters. The van der Waals surface area contributed by atoms with E-state index in [2.05, 4.69) is 30.8 Å². The van der Waals surface area contributed by atoms with Crippen LogP contribution in [0.4, 0.5) is 5.82 Å². The van der Waals surface area contributed by atoms with E-state index in [-0.39, 0.29) is 5.54 Å². The maximum atomic E-state index is 5.98. The van der Waals surface area contributed by atoms with Crippen molar-refractivity contribution >= 4 is 11.5 Å². The lowest BCUT2D eigenvalue weighted by molar-refractivity contribution is 0.300. The fraction of sp³-hybridized carbons (Fsp3) is 0.400. The second kappa shape index (κ2) is 6.06. The van der Waals surface area contributed by atoms with Crippen molar-refractivity contribution in [2.24, 2.45) is 0 Å². The van der Waals surface area contributed by atoms with Gasteiger partial charge in [0.2, 0.25) is 0 Å². The lowest BCUT2D eigenvalue weighted by Crippen LogP contribution is -2.43. The molecule has 1 aromatic carbocycles. The molecule has 3 heterocycles. The van der Waals surface area contributed by atoms with Gasteiger partial charge in [-0.15, -0.1) is 0 Å². The minimum absolute atomic E-state index is 0.0863. The molecule has 0 aliphatic carbocycles. The Labute approximate surface area is 148 Å². The highest BCUT2D eigenvalue weighted by molar-refractivity contribution is 5.61. The molecule has 0 bridgehead atoms. The van der Waals surface area contributed by atoms with Gasteiger partial charge in [0.1, 0.15) is 18.2 Å². The summed E-state index contributed by atoms with van der Waals surface area (Å²) in [5.74, 6) is 2.05. The Morgan fingerprint density at radius 2 is 1.96 bits per heavy atom. The van der Waals surface area contributed by atoms with Gasteiger partial charge in [-0.2, -0.15) is 9.61 Å². The second-order valence-electron chi connectivity index (χ2n) is 7.13. The van der Waals surface area contributed by atoms with Gasteiger partial charge in [-0.3, -0.25) is 0 Å². The van der Waals surface area contributed by atoms with Crippen molar-refractivity contribution in [3.05, 3.63) is 53.9 Å². The number of benzene rings is 1. The number of fused-ring (bicyclic) bond motifs is 3. The Hall–Kier alpha value is -2.56. The molecule has 5 heteroatoms. The molecule has 0 saturated carbocycles. The fourth-order valence-electron chi connectivity index (χ4n) is 3.44. The van der Waals surface area contributed by atoms with Crippen LogP contribution in [0.25, 0.3) is 5.65 Å². The van der Waals surface area contributed by atoms with E-state index >= 15 is 0 Å². The van der Waals surface area contributed by atoms with E-state index in [0.717, 1.165) is 36.5 Å². The predicted octanol–water partition coefficient (Wildman–Crippen LogP) is 3.86. The van der Waals surface area contributed by atoms with Crippen molar-refractivity contribution in [3.63, 3.8) is 0 Å². The molecular weight excluding hydrogens is 312 g/mol. The van der Waals surface area contributed by atoms with Crippen LogP contribution in [-0.4, -0.2) is 26.7 Å². The molecule has 0 saturated heterocycles. The third-order valence-electron chi connectivity index (χ3n) is 5.25. The number of hydrogen-bond acceptors (Lipinski definition) is 4. The topological polar surface area (TPSA) is 42.7 Å². The molecule has 0 radical (unpaired) electrons. The summed E-state index contributed by atoms with van der Waals surface area (Å²) in [6, 6.07) is 11.9. The Morgan fingerprint density at radius 3 is 2.72 bits per heavy atom. The maximum Gasteiger partial charge on any atom is 0.157 e. The molecular formula is C20H24N4O. The van der Waals surface area contributed by atoms with Gasteiger partial charge in [0.25, 0.3) is 0 Å². The Kier molecular flexibility index (Phi) is 3.86. The van der Waals surface area contributed by atoms with Crippen molar-refractivity contribution in [1.29, 1.82) is 0 Å². The van der Waals surface area contributed by atoms with E-state index in [1.165, 1.54) is 11.4 Å². The summed E-state index contributed by atoms with van der Waals surface area (Å²) in [5, 5.41) is 4.52. The van der Waals surface area contributed by atoms with Crippen molar-refractivity contribution in [3.8, 4) is 5.75 Å². The molecule has 4 rings (SSSR count). The maximum absolute atomic E-state index is 5.98. The summed E-state index contributed by atoms with van der Waals surface area (Å²) < 4.78 is 7.96. The highest BCUT2D eigenvalue weighted by atomic mass is 16.5. The van der Waals surface area contributed by atoms with Crippen LogP contribution in [0.3, 0.4) is 0 Å². The Morgan fingerprint density at radius 1 is 1.16 bits per heavy atom. The molecule has 0 fully saturated rings. The summed E-state index contributed by atoms with van der Waals surface area (Å²) in [4.78, 5) is 7.28. The van der Waals surface area contributed by atoms with Gasteiger partial charge >= 0.3 is 0 Å². The Balaban J connectivity index is 1.75. The number of aromatic nitrogens is 3. The molecule has 3 aromatic rings. The van der Waals surface area contributed by atoms with E-state index in [4.69, 9.17) is 9.72 Å². The van der Waals surface area contributed by atoms with Crippen LogP contribution >= 0.6 is 0 Å². The first-order valence-electron chi connectivity index (χ1n) is 8.91. The van der Waals surface area contributed by atoms with Crippen LogP contribution in [0.1, 0.15) is 38.4 Å². The van der Waals surface area contributed by atoms with E-state index in [9.17, 15) is 0 Å². The highest BCUT2D eigenvalue weighted by Crippen LogP contribution is 2.36. The number of ether oxygens (including phenoxy) is 1. The average molecular weight is 336 g/mol. The van der Waals surface area contributed by atoms with Crippen LogP contribution in [0.2, 0.25) is 0 Å². The van der Waals surface area contributed by atoms with Gasteiger partial charge < -0.3 is 9.64 Å². The van der Waals surface area contributed by atoms with Gasteiger partial charge in [0, 0.05) is 23.7 Å². The highest BCUT2D eigenvalue weighted by Gasteiger charge is 2.35. The van der Waals surface area contributed by atoms with Gasteiger partial charge in [-0.1, -0.05) is 25.1 Å². The summed E-state index contributed by atoms with van der Waals surface area (Å²) in [7, 11) is 0. The molecule has 0 spiro atoms. The third-order valence-corrected chi connectivity index (χ3v) is 5.25. The van der Waals surface area contributed by atoms with Gasteiger partial charge in [-0.25, -0.2) is 4.98 Å². The first kappa shape index (κ1) is 15.9. The largest absolute Gasteiger partial charge is 0.487 e. The van der Waals surface area contributed by atoms with Crippen molar-refractivity contribution in [2.45, 2.75) is 45.8 Å². The summed E-state index contributed by atoms with van der Waals surface area (Å²) in [6.07, 6.45) is 3.88. The zero-order chi connectivity index (χ0) is 17.4. The van der Waals surface area contributed by atoms with E-state index in [1.807, 2.05) is 47.1 Å². The molecule has 25 heavy (non-hydrogen) atoms. The number of nitrogens with zero attached hydrogens (tertiary/aromatic N) is 4. The number of rotatable bonds is 5. The minimum atomic E-state index is 0.0863. The van der Waals surface area contributed by atoms with Crippen LogP contribution in [0.5, 0.6) is 5.75 Å². The zero-order valence-electron chi connectivity index (χ0n) is 15.1. The fourth-order valence-corrected chi connectivity index (χ4v) is 3.44. The zero-order valence-corrected chi connectivity index (χ0v) is 15.1. The van der Waals surface area contributed by atoms with E-state index in [0.29, 0.717) is 6.61 Å². The minimum Gasteiger partial charge on any atom is -0.487 e. The third kappa shape index (κ3) is 2.73. The average Bonchev–Trinajstić information content (AvgIpc) is 3.27. The quantitative estimate of drug-likeness (QED) is 0.709. The standard InChI is InChI=1S/C20H24N4O/c1-4-20(2,3)23-13-11-16-17(14-25-15-8-6-5-7-9-15)22-18-10-12-21-24(18)19(16)23/h5-10,12H,4,11,13-14H2,1-3H3. The van der Waals surface area contributed by atoms with Crippen molar-refractivity contribution in [1.82, 2.24) is 14.6 Å². The summed E-state index contributed by atoms with van der Waals surface area (Å²) in [6.45, 7) is 8.29. The predicted molar refractivity (Wildman–Crippen MR) is 99.2 cm³/mol. The van der Waals surface area contributed by atoms with Crippen LogP contribution in [0, 0.1) is 0 Å². The Bertz CT molecular complexity index is 885. The van der Waals surface area contributed by atoms with Crippen LogP contribution in [0.15, 0.2) is 42.6 Å². The smallest absolute Gasteiger partial charge is 0.157 e. The lowest BCUT2D eigenvalue weighted by atomic mass is 10.00. The summed E-state index contributed by atoms with van der Waals surface area (Å²) in [5.41, 5.74) is 3.24. The molecule has 1 aliphatic rings. The first-order valence-corrected chi connectivity index (χ1v) is 8.91. The second-order valence-corrected chi connectivity index (χ2v) is 7.13. The van der Waals surface area contributed by atoms with Crippen molar-refractivity contribution in [2.75, 3.05) is 11.4 Å². The molecule has 1 aliphatic heterocycles. The molecule has 2 aromatic heterocycles. The van der Waals surface area contributed by atoms with Crippen molar-refractivity contribution < 1.29 is 4.74 Å². The number of para-hydroxylation sites is 1. The first-order chi connectivity index (χ1) is 12.1. The van der Waals surface area contributed by atoms with Crippen LogP contribution < -0.4 is 9.64 Å². The number of hydrogen-bond donors (Lipinski definition) is 0. The van der Waals surface area contributed by atoms with Crippen LogP contribution in [-0.2, 0) is 13.0 Å². The summed E-state index contributed by atoms with van der Waals surface area (Å²) >= 11 is 0. The van der Waals surface area contributed by atoms with E-state index in [1.54, 1.807) is 0 Å². The lowest BCUT2D eigenvalue weighted by Gasteiger charge is -2.37. The van der Waals surface area contributed by atoms with Gasteiger partial charge in [0.15, 0.2) is 5.65 Å². The SMILES string of the molecule is CCC(C)(C)N1CCc2c(COc3ccccc3)nc3ccnn3c21. The molecule has 0 N–H and O–H groups in total. The van der Waals surface area contributed by atoms with Gasteiger partial charge in [0.05, 0.1) is 11.9 Å². The monoisotopic (exact) mass is 336 g/mol. The molecule has 0 amide bonds.